The van der Waals surface area contributed by atoms with Crippen LogP contribution in [0.1, 0.15) is 56.3 Å². The molecule has 2 rings (SSSR count). The third kappa shape index (κ3) is 4.95. The normalized spacial score (nSPS) is 16.3. The Labute approximate surface area is 143 Å². The molecule has 0 bridgehead atoms. The highest BCUT2D eigenvalue weighted by Crippen LogP contribution is 2.23. The van der Waals surface area contributed by atoms with E-state index in [-0.39, 0.29) is 16.5 Å². The minimum atomic E-state index is -3.71. The third-order valence-electron chi connectivity index (χ3n) is 4.16. The molecule has 6 nitrogen and oxygen atoms in total. The molecule has 0 aromatic heterocycles. The quantitative estimate of drug-likeness (QED) is 0.699. The number of hydrogen-bond donors (Lipinski definition) is 3. The summed E-state index contributed by atoms with van der Waals surface area (Å²) in [5, 5.41) is 12.4. The minimum absolute atomic E-state index is 0.000528. The number of carboxylic acids is 1. The molecule has 0 unspecified atom stereocenters. The Hall–Kier alpha value is -1.60. The van der Waals surface area contributed by atoms with E-state index in [1.54, 1.807) is 0 Å². The first-order valence-corrected chi connectivity index (χ1v) is 9.91. The van der Waals surface area contributed by atoms with Crippen LogP contribution in [0, 0.1) is 5.92 Å². The van der Waals surface area contributed by atoms with Crippen LogP contribution >= 0.6 is 0 Å². The zero-order chi connectivity index (χ0) is 17.7. The smallest absolute Gasteiger partial charge is 0.337 e. The molecule has 1 fully saturated rings. The Morgan fingerprint density at radius 1 is 1.25 bits per heavy atom. The topological polar surface area (TPSA) is 95.5 Å². The molecule has 0 saturated heterocycles. The molecule has 0 heterocycles. The van der Waals surface area contributed by atoms with Gasteiger partial charge in [-0.3, -0.25) is 0 Å². The first-order chi connectivity index (χ1) is 11.3. The number of aromatic carboxylic acids is 1. The lowest BCUT2D eigenvalue weighted by Gasteiger charge is -2.22. The van der Waals surface area contributed by atoms with E-state index >= 15 is 0 Å². The van der Waals surface area contributed by atoms with Gasteiger partial charge in [-0.2, -0.15) is 0 Å². The molecule has 0 spiro atoms. The lowest BCUT2D eigenvalue weighted by atomic mass is 9.96. The second kappa shape index (κ2) is 7.98. The van der Waals surface area contributed by atoms with Crippen molar-refractivity contribution >= 4 is 21.7 Å². The van der Waals surface area contributed by atoms with Gasteiger partial charge in [0.05, 0.1) is 10.5 Å². The molecule has 0 amide bonds. The van der Waals surface area contributed by atoms with E-state index in [1.807, 2.05) is 13.8 Å². The second-order valence-electron chi connectivity index (χ2n) is 6.74. The summed E-state index contributed by atoms with van der Waals surface area (Å²) in [7, 11) is -3.71. The maximum absolute atomic E-state index is 12.5. The van der Waals surface area contributed by atoms with Crippen molar-refractivity contribution in [2.45, 2.75) is 56.9 Å². The number of hydrogen-bond acceptors (Lipinski definition) is 4. The van der Waals surface area contributed by atoms with E-state index in [0.717, 1.165) is 32.1 Å². The van der Waals surface area contributed by atoms with E-state index in [4.69, 9.17) is 0 Å². The Kier molecular flexibility index (Phi) is 6.23. The van der Waals surface area contributed by atoms with Crippen LogP contribution in [0.25, 0.3) is 0 Å². The highest BCUT2D eigenvalue weighted by molar-refractivity contribution is 7.89. The van der Waals surface area contributed by atoms with Crippen LogP contribution in [0.2, 0.25) is 0 Å². The number of carboxylic acid groups (broad SMARTS) is 1. The summed E-state index contributed by atoms with van der Waals surface area (Å²) in [4.78, 5) is 11.5. The van der Waals surface area contributed by atoms with Crippen LogP contribution in [0.15, 0.2) is 23.1 Å². The van der Waals surface area contributed by atoms with E-state index in [9.17, 15) is 18.3 Å². The van der Waals surface area contributed by atoms with Crippen molar-refractivity contribution in [3.63, 3.8) is 0 Å². The molecule has 1 aromatic rings. The number of benzene rings is 1. The number of nitrogens with one attached hydrogen (secondary N) is 2. The van der Waals surface area contributed by atoms with Crippen molar-refractivity contribution in [1.82, 2.24) is 4.72 Å². The van der Waals surface area contributed by atoms with Crippen molar-refractivity contribution in [2.75, 3.05) is 11.9 Å². The standard InChI is InChI=1S/C17H26N2O4S/c1-12(2)11-18-16-9-8-14(10-15(16)17(20)21)24(22,23)19-13-6-4-3-5-7-13/h8-10,12-13,18-19H,3-7,11H2,1-2H3,(H,20,21). The number of carbonyl (C=O) groups is 1. The fourth-order valence-electron chi connectivity index (χ4n) is 2.84. The summed E-state index contributed by atoms with van der Waals surface area (Å²) < 4.78 is 27.8. The summed E-state index contributed by atoms with van der Waals surface area (Å²) in [6.45, 7) is 4.65. The number of sulfonamides is 1. The van der Waals surface area contributed by atoms with Crippen molar-refractivity contribution in [1.29, 1.82) is 0 Å². The Bertz CT molecular complexity index is 680. The molecule has 1 saturated carbocycles. The van der Waals surface area contributed by atoms with Gasteiger partial charge in [0, 0.05) is 18.3 Å². The van der Waals surface area contributed by atoms with Gasteiger partial charge >= 0.3 is 5.97 Å². The highest BCUT2D eigenvalue weighted by atomic mass is 32.2. The van der Waals surface area contributed by atoms with Gasteiger partial charge in [0.1, 0.15) is 0 Å². The van der Waals surface area contributed by atoms with Gasteiger partial charge in [-0.05, 0) is 37.0 Å². The van der Waals surface area contributed by atoms with E-state index in [0.29, 0.717) is 18.2 Å². The number of rotatable bonds is 7. The van der Waals surface area contributed by atoms with E-state index in [1.165, 1.54) is 18.2 Å². The van der Waals surface area contributed by atoms with Crippen LogP contribution in [0.5, 0.6) is 0 Å². The van der Waals surface area contributed by atoms with Crippen LogP contribution in [0.4, 0.5) is 5.69 Å². The highest BCUT2D eigenvalue weighted by Gasteiger charge is 2.23. The first-order valence-electron chi connectivity index (χ1n) is 8.43. The van der Waals surface area contributed by atoms with Gasteiger partial charge in [0.15, 0.2) is 0 Å². The molecule has 0 atom stereocenters. The van der Waals surface area contributed by atoms with Gasteiger partial charge in [-0.15, -0.1) is 0 Å². The molecule has 1 aliphatic carbocycles. The van der Waals surface area contributed by atoms with Crippen LogP contribution in [-0.2, 0) is 10.0 Å². The Morgan fingerprint density at radius 3 is 2.50 bits per heavy atom. The molecule has 24 heavy (non-hydrogen) atoms. The second-order valence-corrected chi connectivity index (χ2v) is 8.46. The summed E-state index contributed by atoms with van der Waals surface area (Å²) in [5.41, 5.74) is 0.412. The molecule has 134 valence electrons. The maximum atomic E-state index is 12.5. The van der Waals surface area contributed by atoms with Crippen molar-refractivity contribution in [3.8, 4) is 0 Å². The van der Waals surface area contributed by atoms with Gasteiger partial charge in [0.2, 0.25) is 10.0 Å². The van der Waals surface area contributed by atoms with Crippen LogP contribution < -0.4 is 10.0 Å². The fourth-order valence-corrected chi connectivity index (χ4v) is 4.17. The Balaban J connectivity index is 2.22. The van der Waals surface area contributed by atoms with Crippen LogP contribution in [0.3, 0.4) is 0 Å². The molecule has 1 aromatic carbocycles. The molecular formula is C17H26N2O4S. The molecule has 0 aliphatic heterocycles. The lowest BCUT2D eigenvalue weighted by Crippen LogP contribution is -2.36. The van der Waals surface area contributed by atoms with Crippen molar-refractivity contribution in [3.05, 3.63) is 23.8 Å². The average Bonchev–Trinajstić information content (AvgIpc) is 2.53. The maximum Gasteiger partial charge on any atom is 0.337 e. The lowest BCUT2D eigenvalue weighted by molar-refractivity contribution is 0.0697. The summed E-state index contributed by atoms with van der Waals surface area (Å²) in [6, 6.07) is 4.16. The molecular weight excluding hydrogens is 328 g/mol. The fraction of sp³-hybridized carbons (Fsp3) is 0.588. The van der Waals surface area contributed by atoms with Gasteiger partial charge in [-0.1, -0.05) is 33.1 Å². The van der Waals surface area contributed by atoms with Gasteiger partial charge in [0.25, 0.3) is 0 Å². The third-order valence-corrected chi connectivity index (χ3v) is 5.68. The average molecular weight is 354 g/mol. The van der Waals surface area contributed by atoms with Gasteiger partial charge < -0.3 is 10.4 Å². The summed E-state index contributed by atoms with van der Waals surface area (Å²) in [5.74, 6) is -0.793. The van der Waals surface area contributed by atoms with E-state index < -0.39 is 16.0 Å². The predicted octanol–water partition coefficient (Wildman–Crippen LogP) is 3.06. The zero-order valence-electron chi connectivity index (χ0n) is 14.2. The summed E-state index contributed by atoms with van der Waals surface area (Å²) in [6.07, 6.45) is 4.84. The first kappa shape index (κ1) is 18.7. The SMILES string of the molecule is CC(C)CNc1ccc(S(=O)(=O)NC2CCCCC2)cc1C(=O)O. The number of anilines is 1. The van der Waals surface area contributed by atoms with E-state index in [2.05, 4.69) is 10.0 Å². The molecule has 7 heteroatoms. The zero-order valence-corrected chi connectivity index (χ0v) is 15.0. The minimum Gasteiger partial charge on any atom is -0.478 e. The molecule has 3 N–H and O–H groups in total. The van der Waals surface area contributed by atoms with Crippen molar-refractivity contribution in [2.24, 2.45) is 5.92 Å². The van der Waals surface area contributed by atoms with Crippen LogP contribution in [-0.4, -0.2) is 32.1 Å². The largest absolute Gasteiger partial charge is 0.478 e. The summed E-state index contributed by atoms with van der Waals surface area (Å²) >= 11 is 0. The molecule has 1 aliphatic rings. The Morgan fingerprint density at radius 2 is 1.92 bits per heavy atom. The monoisotopic (exact) mass is 354 g/mol. The van der Waals surface area contributed by atoms with Gasteiger partial charge in [-0.25, -0.2) is 17.9 Å². The van der Waals surface area contributed by atoms with Crippen molar-refractivity contribution < 1.29 is 18.3 Å². The molecule has 0 radical (unpaired) electrons. The predicted molar refractivity (Wildman–Crippen MR) is 93.9 cm³/mol.